The zero-order valence-electron chi connectivity index (χ0n) is 10.3. The van der Waals surface area contributed by atoms with Crippen LogP contribution in [0.1, 0.15) is 15.9 Å². The molecule has 0 heterocycles. The monoisotopic (exact) mass is 272 g/mol. The van der Waals surface area contributed by atoms with Gasteiger partial charge in [0.1, 0.15) is 12.4 Å². The van der Waals surface area contributed by atoms with Crippen LogP contribution in [0.5, 0.6) is 5.75 Å². The summed E-state index contributed by atoms with van der Waals surface area (Å²) in [6, 6.07) is 13.9. The molecule has 19 heavy (non-hydrogen) atoms. The second-order valence-corrected chi connectivity index (χ2v) is 4.40. The molecule has 0 atom stereocenters. The van der Waals surface area contributed by atoms with Crippen molar-refractivity contribution in [1.29, 1.82) is 0 Å². The van der Waals surface area contributed by atoms with Crippen LogP contribution >= 0.6 is 11.6 Å². The number of benzene rings is 2. The Labute approximate surface area is 117 Å². The van der Waals surface area contributed by atoms with E-state index in [1.807, 2.05) is 0 Å². The van der Waals surface area contributed by atoms with E-state index in [1.165, 1.54) is 0 Å². The molecule has 2 aromatic carbocycles. The molecule has 0 radical (unpaired) electrons. The van der Waals surface area contributed by atoms with Gasteiger partial charge in [0.05, 0.1) is 0 Å². The zero-order chi connectivity index (χ0) is 13.7. The van der Waals surface area contributed by atoms with Crippen molar-refractivity contribution in [3.8, 4) is 5.75 Å². The molecule has 0 N–H and O–H groups in total. The van der Waals surface area contributed by atoms with Gasteiger partial charge in [-0.05, 0) is 48.5 Å². The summed E-state index contributed by atoms with van der Waals surface area (Å²) in [5.41, 5.74) is 1.23. The Kier molecular flexibility index (Phi) is 4.37. The number of ketones is 1. The normalized spacial score (nSPS) is 9.95. The van der Waals surface area contributed by atoms with E-state index in [0.717, 1.165) is 0 Å². The molecule has 0 spiro atoms. The van der Waals surface area contributed by atoms with Gasteiger partial charge in [-0.25, -0.2) is 0 Å². The number of halogens is 1. The van der Waals surface area contributed by atoms with Crippen molar-refractivity contribution in [2.75, 3.05) is 6.61 Å². The Balaban J connectivity index is 2.15. The molecule has 3 heteroatoms. The van der Waals surface area contributed by atoms with E-state index in [4.69, 9.17) is 16.3 Å². The van der Waals surface area contributed by atoms with Crippen LogP contribution in [-0.4, -0.2) is 12.4 Å². The summed E-state index contributed by atoms with van der Waals surface area (Å²) in [7, 11) is 0. The molecule has 0 aliphatic carbocycles. The van der Waals surface area contributed by atoms with Crippen molar-refractivity contribution in [3.63, 3.8) is 0 Å². The fraction of sp³-hybridized carbons (Fsp3) is 0.0625. The van der Waals surface area contributed by atoms with Crippen molar-refractivity contribution in [3.05, 3.63) is 77.3 Å². The highest BCUT2D eigenvalue weighted by molar-refractivity contribution is 6.30. The van der Waals surface area contributed by atoms with Gasteiger partial charge >= 0.3 is 0 Å². The predicted molar refractivity (Wildman–Crippen MR) is 77.0 cm³/mol. The number of carbonyl (C=O) groups is 1. The third-order valence-electron chi connectivity index (χ3n) is 2.59. The number of hydrogen-bond donors (Lipinski definition) is 0. The second kappa shape index (κ2) is 6.21. The molecule has 0 aliphatic rings. The largest absolute Gasteiger partial charge is 0.490 e. The molecule has 96 valence electrons. The lowest BCUT2D eigenvalue weighted by molar-refractivity contribution is 0.103. The Morgan fingerprint density at radius 2 is 1.58 bits per heavy atom. The first-order chi connectivity index (χ1) is 9.20. The zero-order valence-corrected chi connectivity index (χ0v) is 11.1. The van der Waals surface area contributed by atoms with Crippen LogP contribution in [0.3, 0.4) is 0 Å². The summed E-state index contributed by atoms with van der Waals surface area (Å²) in [6.45, 7) is 4.03. The van der Waals surface area contributed by atoms with Gasteiger partial charge in [0, 0.05) is 16.1 Å². The van der Waals surface area contributed by atoms with Crippen LogP contribution in [0, 0.1) is 0 Å². The maximum atomic E-state index is 12.2. The minimum atomic E-state index is -0.0352. The summed E-state index contributed by atoms with van der Waals surface area (Å²) in [5, 5.41) is 0.615. The molecule has 0 fully saturated rings. The Morgan fingerprint density at radius 3 is 2.11 bits per heavy atom. The summed E-state index contributed by atoms with van der Waals surface area (Å²) in [5.74, 6) is 0.680. The minimum absolute atomic E-state index is 0.0352. The molecule has 0 saturated carbocycles. The van der Waals surface area contributed by atoms with Gasteiger partial charge < -0.3 is 4.74 Å². The maximum absolute atomic E-state index is 12.2. The van der Waals surface area contributed by atoms with Crippen molar-refractivity contribution in [2.45, 2.75) is 0 Å². The van der Waals surface area contributed by atoms with E-state index in [9.17, 15) is 4.79 Å². The summed E-state index contributed by atoms with van der Waals surface area (Å²) < 4.78 is 5.36. The van der Waals surface area contributed by atoms with Crippen LogP contribution in [0.25, 0.3) is 0 Å². The first-order valence-electron chi connectivity index (χ1n) is 5.85. The van der Waals surface area contributed by atoms with Crippen LogP contribution in [0.15, 0.2) is 61.2 Å². The fourth-order valence-electron chi connectivity index (χ4n) is 1.63. The molecule has 0 unspecified atom stereocenters. The predicted octanol–water partition coefficient (Wildman–Crippen LogP) is 4.14. The molecule has 0 aliphatic heterocycles. The number of rotatable bonds is 5. The third-order valence-corrected chi connectivity index (χ3v) is 2.84. The molecule has 0 saturated heterocycles. The molecule has 2 nitrogen and oxygen atoms in total. The molecule has 0 amide bonds. The smallest absolute Gasteiger partial charge is 0.193 e. The molecule has 2 rings (SSSR count). The van der Waals surface area contributed by atoms with Crippen molar-refractivity contribution in [1.82, 2.24) is 0 Å². The summed E-state index contributed by atoms with van der Waals surface area (Å²) in [4.78, 5) is 12.2. The topological polar surface area (TPSA) is 26.3 Å². The van der Waals surface area contributed by atoms with Gasteiger partial charge in [-0.3, -0.25) is 4.79 Å². The van der Waals surface area contributed by atoms with Gasteiger partial charge in [-0.1, -0.05) is 24.3 Å². The first-order valence-corrected chi connectivity index (χ1v) is 6.22. The molecule has 0 aromatic heterocycles. The van der Waals surface area contributed by atoms with E-state index in [0.29, 0.717) is 28.5 Å². The Bertz CT molecular complexity index is 571. The highest BCUT2D eigenvalue weighted by Gasteiger charge is 2.08. The lowest BCUT2D eigenvalue weighted by atomic mass is 10.0. The summed E-state index contributed by atoms with van der Waals surface area (Å²) >= 11 is 5.80. The third kappa shape index (κ3) is 3.46. The lowest BCUT2D eigenvalue weighted by Gasteiger charge is -2.05. The highest BCUT2D eigenvalue weighted by atomic mass is 35.5. The first kappa shape index (κ1) is 13.4. The van der Waals surface area contributed by atoms with Crippen LogP contribution in [0.2, 0.25) is 5.02 Å². The lowest BCUT2D eigenvalue weighted by Crippen LogP contribution is -2.01. The standard InChI is InChI=1S/C16H13ClO2/c1-2-11-19-15-9-5-13(6-10-15)16(18)12-3-7-14(17)8-4-12/h2-10H,1,11H2. The number of carbonyl (C=O) groups excluding carboxylic acids is 1. The van der Waals surface area contributed by atoms with Gasteiger partial charge in [0.15, 0.2) is 5.78 Å². The highest BCUT2D eigenvalue weighted by Crippen LogP contribution is 2.17. The van der Waals surface area contributed by atoms with E-state index in [2.05, 4.69) is 6.58 Å². The van der Waals surface area contributed by atoms with Crippen LogP contribution < -0.4 is 4.74 Å². The second-order valence-electron chi connectivity index (χ2n) is 3.96. The average molecular weight is 273 g/mol. The maximum Gasteiger partial charge on any atom is 0.193 e. The number of ether oxygens (including phenoxy) is 1. The van der Waals surface area contributed by atoms with Gasteiger partial charge in [-0.15, -0.1) is 0 Å². The van der Waals surface area contributed by atoms with E-state index in [-0.39, 0.29) is 5.78 Å². The van der Waals surface area contributed by atoms with Gasteiger partial charge in [-0.2, -0.15) is 0 Å². The van der Waals surface area contributed by atoms with Crippen molar-refractivity contribution < 1.29 is 9.53 Å². The van der Waals surface area contributed by atoms with Crippen LogP contribution in [-0.2, 0) is 0 Å². The van der Waals surface area contributed by atoms with Gasteiger partial charge in [0.2, 0.25) is 0 Å². The molecule has 0 bridgehead atoms. The van der Waals surface area contributed by atoms with Crippen LogP contribution in [0.4, 0.5) is 0 Å². The SMILES string of the molecule is C=CCOc1ccc(C(=O)c2ccc(Cl)cc2)cc1. The van der Waals surface area contributed by atoms with Crippen molar-refractivity contribution >= 4 is 17.4 Å². The number of hydrogen-bond acceptors (Lipinski definition) is 2. The van der Waals surface area contributed by atoms with Gasteiger partial charge in [0.25, 0.3) is 0 Å². The Morgan fingerprint density at radius 1 is 1.05 bits per heavy atom. The molecule has 2 aromatic rings. The summed E-state index contributed by atoms with van der Waals surface area (Å²) in [6.07, 6.45) is 1.67. The van der Waals surface area contributed by atoms with E-state index < -0.39 is 0 Å². The molecular formula is C16H13ClO2. The fourth-order valence-corrected chi connectivity index (χ4v) is 1.75. The van der Waals surface area contributed by atoms with E-state index >= 15 is 0 Å². The average Bonchev–Trinajstić information content (AvgIpc) is 2.46. The minimum Gasteiger partial charge on any atom is -0.490 e. The van der Waals surface area contributed by atoms with Crippen molar-refractivity contribution in [2.24, 2.45) is 0 Å². The molecular weight excluding hydrogens is 260 g/mol. The quantitative estimate of drug-likeness (QED) is 0.604. The van der Waals surface area contributed by atoms with E-state index in [1.54, 1.807) is 54.6 Å². The Hall–Kier alpha value is -2.06.